The summed E-state index contributed by atoms with van der Waals surface area (Å²) in [6.07, 6.45) is 1.91. The van der Waals surface area contributed by atoms with Crippen LogP contribution in [0.1, 0.15) is 30.7 Å². The van der Waals surface area contributed by atoms with E-state index >= 15 is 0 Å². The summed E-state index contributed by atoms with van der Waals surface area (Å²) >= 11 is 1.70. The Kier molecular flexibility index (Phi) is 5.25. The van der Waals surface area contributed by atoms with Crippen LogP contribution in [0.25, 0.3) is 0 Å². The Morgan fingerprint density at radius 3 is 2.94 bits per heavy atom. The predicted octanol–water partition coefficient (Wildman–Crippen LogP) is 2.10. The summed E-state index contributed by atoms with van der Waals surface area (Å²) in [5.41, 5.74) is 0. The van der Waals surface area contributed by atoms with Gasteiger partial charge in [-0.1, -0.05) is 13.0 Å². The maximum absolute atomic E-state index is 11.7. The third-order valence-corrected chi connectivity index (χ3v) is 3.74. The zero-order valence-corrected chi connectivity index (χ0v) is 10.9. The van der Waals surface area contributed by atoms with Crippen LogP contribution in [0.4, 0.5) is 0 Å². The number of amides is 1. The van der Waals surface area contributed by atoms with E-state index in [0.717, 1.165) is 19.4 Å². The second kappa shape index (κ2) is 6.23. The molecule has 2 rings (SSSR count). The molecular weight excluding hydrogens is 244 g/mol. The fourth-order valence-electron chi connectivity index (χ4n) is 1.65. The van der Waals surface area contributed by atoms with Crippen molar-refractivity contribution in [1.82, 2.24) is 10.6 Å². The van der Waals surface area contributed by atoms with Gasteiger partial charge in [-0.3, -0.25) is 4.79 Å². The predicted molar refractivity (Wildman–Crippen MR) is 69.1 cm³/mol. The molecule has 1 unspecified atom stereocenters. The van der Waals surface area contributed by atoms with Crippen molar-refractivity contribution >= 4 is 29.7 Å². The van der Waals surface area contributed by atoms with Crippen LogP contribution in [0.15, 0.2) is 17.5 Å². The molecule has 1 aliphatic rings. The molecule has 0 spiro atoms. The summed E-state index contributed by atoms with van der Waals surface area (Å²) in [7, 11) is 0. The number of carbonyl (C=O) groups is 1. The van der Waals surface area contributed by atoms with Crippen molar-refractivity contribution in [2.75, 3.05) is 6.54 Å². The molecule has 16 heavy (non-hydrogen) atoms. The van der Waals surface area contributed by atoms with E-state index in [0.29, 0.717) is 0 Å². The van der Waals surface area contributed by atoms with Crippen LogP contribution in [0.3, 0.4) is 0 Å². The first-order chi connectivity index (χ1) is 7.31. The molecule has 2 N–H and O–H groups in total. The summed E-state index contributed by atoms with van der Waals surface area (Å²) in [6, 6.07) is 4.32. The van der Waals surface area contributed by atoms with Crippen LogP contribution in [0, 0.1) is 0 Å². The molecule has 0 bridgehead atoms. The van der Waals surface area contributed by atoms with Crippen molar-refractivity contribution in [3.8, 4) is 0 Å². The second-order valence-corrected chi connectivity index (χ2v) is 4.76. The van der Waals surface area contributed by atoms with Gasteiger partial charge in [0, 0.05) is 4.88 Å². The molecule has 1 aliphatic heterocycles. The zero-order valence-electron chi connectivity index (χ0n) is 9.23. The van der Waals surface area contributed by atoms with Crippen LogP contribution in [0.2, 0.25) is 0 Å². The number of carbonyl (C=O) groups excluding carboxylic acids is 1. The summed E-state index contributed by atoms with van der Waals surface area (Å²) in [5.74, 6) is 0.140. The summed E-state index contributed by atoms with van der Waals surface area (Å²) < 4.78 is 0. The average Bonchev–Trinajstić information content (AvgIpc) is 2.63. The normalized spacial score (nSPS) is 20.4. The fraction of sp³-hybridized carbons (Fsp3) is 0.545. The van der Waals surface area contributed by atoms with E-state index in [1.165, 1.54) is 4.88 Å². The molecule has 0 aliphatic carbocycles. The van der Waals surface area contributed by atoms with Crippen LogP contribution in [-0.2, 0) is 4.79 Å². The van der Waals surface area contributed by atoms with E-state index in [4.69, 9.17) is 0 Å². The first-order valence-corrected chi connectivity index (χ1v) is 6.26. The van der Waals surface area contributed by atoms with Gasteiger partial charge in [0.05, 0.1) is 12.1 Å². The quantitative estimate of drug-likeness (QED) is 0.871. The highest BCUT2D eigenvalue weighted by Gasteiger charge is 2.26. The summed E-state index contributed by atoms with van der Waals surface area (Å²) in [6.45, 7) is 3.06. The van der Waals surface area contributed by atoms with Crippen molar-refractivity contribution in [2.45, 2.75) is 31.8 Å². The smallest absolute Gasteiger partial charge is 0.237 e. The minimum atomic E-state index is 0. The third kappa shape index (κ3) is 2.97. The van der Waals surface area contributed by atoms with Crippen molar-refractivity contribution in [3.63, 3.8) is 0 Å². The van der Waals surface area contributed by atoms with E-state index in [1.54, 1.807) is 11.3 Å². The maximum atomic E-state index is 11.7. The van der Waals surface area contributed by atoms with Gasteiger partial charge < -0.3 is 10.6 Å². The Labute approximate surface area is 106 Å². The van der Waals surface area contributed by atoms with Crippen LogP contribution >= 0.6 is 23.7 Å². The Morgan fingerprint density at radius 1 is 1.75 bits per heavy atom. The zero-order chi connectivity index (χ0) is 10.7. The number of rotatable bonds is 4. The molecule has 1 amide bonds. The average molecular weight is 261 g/mol. The third-order valence-electron chi connectivity index (χ3n) is 2.75. The molecule has 0 aromatic carbocycles. The Bertz CT molecular complexity index is 325. The monoisotopic (exact) mass is 260 g/mol. The Balaban J connectivity index is 0.00000128. The molecule has 3 nitrogen and oxygen atoms in total. The van der Waals surface area contributed by atoms with E-state index in [1.807, 2.05) is 11.4 Å². The summed E-state index contributed by atoms with van der Waals surface area (Å²) in [4.78, 5) is 13.0. The SMILES string of the molecule is CCC(NC(=O)[C@H]1CCN1)c1cccs1.Cl. The Morgan fingerprint density at radius 2 is 2.50 bits per heavy atom. The number of hydrogen-bond donors (Lipinski definition) is 2. The highest BCUT2D eigenvalue weighted by molar-refractivity contribution is 7.10. The minimum Gasteiger partial charge on any atom is -0.347 e. The molecule has 1 fully saturated rings. The van der Waals surface area contributed by atoms with Gasteiger partial charge in [-0.15, -0.1) is 23.7 Å². The van der Waals surface area contributed by atoms with Gasteiger partial charge in [-0.2, -0.15) is 0 Å². The maximum Gasteiger partial charge on any atom is 0.237 e. The minimum absolute atomic E-state index is 0. The number of hydrogen-bond acceptors (Lipinski definition) is 3. The molecule has 90 valence electrons. The van der Waals surface area contributed by atoms with Crippen LogP contribution in [-0.4, -0.2) is 18.5 Å². The highest BCUT2D eigenvalue weighted by atomic mass is 35.5. The van der Waals surface area contributed by atoms with Gasteiger partial charge in [0.25, 0.3) is 0 Å². The van der Waals surface area contributed by atoms with E-state index in [2.05, 4.69) is 23.6 Å². The molecule has 1 aromatic rings. The molecule has 1 saturated heterocycles. The number of nitrogens with one attached hydrogen (secondary N) is 2. The topological polar surface area (TPSA) is 41.1 Å². The molecule has 1 aromatic heterocycles. The second-order valence-electron chi connectivity index (χ2n) is 3.78. The van der Waals surface area contributed by atoms with Crippen molar-refractivity contribution in [1.29, 1.82) is 0 Å². The molecule has 2 heterocycles. The van der Waals surface area contributed by atoms with Gasteiger partial charge in [0.1, 0.15) is 0 Å². The first kappa shape index (κ1) is 13.5. The Hall–Kier alpha value is -0.580. The summed E-state index contributed by atoms with van der Waals surface area (Å²) in [5, 5.41) is 8.24. The van der Waals surface area contributed by atoms with Gasteiger partial charge in [-0.05, 0) is 30.8 Å². The molecule has 5 heteroatoms. The fourth-order valence-corrected chi connectivity index (χ4v) is 2.51. The molecule has 2 atom stereocenters. The first-order valence-electron chi connectivity index (χ1n) is 5.38. The van der Waals surface area contributed by atoms with Gasteiger partial charge in [0.15, 0.2) is 0 Å². The number of halogens is 1. The molecular formula is C11H17ClN2OS. The molecule has 0 saturated carbocycles. The lowest BCUT2D eigenvalue weighted by Crippen LogP contribution is -2.53. The standard InChI is InChI=1S/C11H16N2OS.ClH/c1-2-8(10-4-3-7-15-10)13-11(14)9-5-6-12-9;/h3-4,7-9,12H,2,5-6H2,1H3,(H,13,14);1H/t8?,9-;/m1./s1. The van der Waals surface area contributed by atoms with Crippen LogP contribution < -0.4 is 10.6 Å². The largest absolute Gasteiger partial charge is 0.347 e. The van der Waals surface area contributed by atoms with E-state index in [-0.39, 0.29) is 30.4 Å². The number of thiophene rings is 1. The van der Waals surface area contributed by atoms with Gasteiger partial charge in [0.2, 0.25) is 5.91 Å². The lowest BCUT2D eigenvalue weighted by molar-refractivity contribution is -0.125. The van der Waals surface area contributed by atoms with Crippen molar-refractivity contribution < 1.29 is 4.79 Å². The lowest BCUT2D eigenvalue weighted by Gasteiger charge is -2.28. The lowest BCUT2D eigenvalue weighted by atomic mass is 10.1. The van der Waals surface area contributed by atoms with Gasteiger partial charge in [-0.25, -0.2) is 0 Å². The van der Waals surface area contributed by atoms with Gasteiger partial charge >= 0.3 is 0 Å². The molecule has 0 radical (unpaired) electrons. The van der Waals surface area contributed by atoms with E-state index in [9.17, 15) is 4.79 Å². The van der Waals surface area contributed by atoms with Crippen molar-refractivity contribution in [3.05, 3.63) is 22.4 Å². The van der Waals surface area contributed by atoms with Crippen molar-refractivity contribution in [2.24, 2.45) is 0 Å². The van der Waals surface area contributed by atoms with E-state index < -0.39 is 0 Å². The highest BCUT2D eigenvalue weighted by Crippen LogP contribution is 2.22. The van der Waals surface area contributed by atoms with Crippen LogP contribution in [0.5, 0.6) is 0 Å².